The Morgan fingerprint density at radius 2 is 1.36 bits per heavy atom. The van der Waals surface area contributed by atoms with E-state index in [2.05, 4.69) is 28.6 Å². The lowest BCUT2D eigenvalue weighted by molar-refractivity contribution is -0.142. The van der Waals surface area contributed by atoms with Gasteiger partial charge in [-0.1, -0.05) is 0 Å². The quantitative estimate of drug-likeness (QED) is 0.0719. The van der Waals surface area contributed by atoms with Gasteiger partial charge < -0.3 is 43.4 Å². The molecule has 0 spiro atoms. The number of rotatable bonds is 17. The Labute approximate surface area is 195 Å². The fraction of sp³-hybridized carbons (Fsp3) is 0.667. The molecule has 0 aliphatic carbocycles. The first-order valence-corrected chi connectivity index (χ1v) is 10.8. The second-order valence-electron chi connectivity index (χ2n) is 7.20. The normalized spacial score (nSPS) is 14.3. The second kappa shape index (κ2) is 15.8. The van der Waals surface area contributed by atoms with Gasteiger partial charge >= 0.3 is 11.9 Å². The zero-order valence-electron chi connectivity index (χ0n) is 18.0. The van der Waals surface area contributed by atoms with Crippen LogP contribution in [0.1, 0.15) is 38.5 Å². The van der Waals surface area contributed by atoms with Crippen molar-refractivity contribution in [2.45, 2.75) is 62.7 Å². The average Bonchev–Trinajstić information content (AvgIpc) is 2.73. The monoisotopic (exact) mass is 492 g/mol. The Morgan fingerprint density at radius 1 is 0.818 bits per heavy atom. The van der Waals surface area contributed by atoms with Gasteiger partial charge in [-0.2, -0.15) is 12.6 Å². The largest absolute Gasteiger partial charge is 0.481 e. The van der Waals surface area contributed by atoms with Crippen LogP contribution in [0.3, 0.4) is 0 Å². The first-order valence-electron chi connectivity index (χ1n) is 10.1. The topological polar surface area (TPSA) is 257 Å². The summed E-state index contributed by atoms with van der Waals surface area (Å²) in [5.74, 6) is -6.29. The van der Waals surface area contributed by atoms with Gasteiger partial charge in [0, 0.05) is 12.2 Å². The fourth-order valence-electron chi connectivity index (χ4n) is 2.59. The molecule has 4 amide bonds. The number of hydrogen-bond donors (Lipinski definition) is 9. The summed E-state index contributed by atoms with van der Waals surface area (Å²) in [5, 5.41) is 24.6. The molecule has 0 saturated carbocycles. The highest BCUT2D eigenvalue weighted by Crippen LogP contribution is 2.05. The number of carbonyl (C=O) groups is 6. The minimum atomic E-state index is -1.51. The average molecular weight is 493 g/mol. The van der Waals surface area contributed by atoms with Crippen molar-refractivity contribution in [3.05, 3.63) is 0 Å². The maximum atomic E-state index is 12.8. The molecule has 0 heterocycles. The number of nitrogens with one attached hydrogen (secondary N) is 3. The molecule has 0 saturated heterocycles. The third kappa shape index (κ3) is 12.6. The number of thiol groups is 1. The molecule has 0 aliphatic heterocycles. The maximum Gasteiger partial charge on any atom is 0.327 e. The molecule has 15 heteroatoms. The molecule has 0 radical (unpaired) electrons. The highest BCUT2D eigenvalue weighted by atomic mass is 32.1. The Balaban J connectivity index is 5.41. The predicted molar refractivity (Wildman–Crippen MR) is 119 cm³/mol. The molecule has 188 valence electrons. The van der Waals surface area contributed by atoms with Gasteiger partial charge in [0.1, 0.15) is 18.1 Å². The number of hydrogen-bond acceptors (Lipinski definition) is 9. The number of primary amides is 1. The summed E-state index contributed by atoms with van der Waals surface area (Å²) in [6, 6.07) is -5.25. The Hall–Kier alpha value is -2.91. The minimum Gasteiger partial charge on any atom is -0.481 e. The maximum absolute atomic E-state index is 12.8. The molecule has 0 aromatic rings. The molecule has 0 rings (SSSR count). The van der Waals surface area contributed by atoms with Gasteiger partial charge in [-0.05, 0) is 32.2 Å². The van der Waals surface area contributed by atoms with Crippen LogP contribution in [0.25, 0.3) is 0 Å². The van der Waals surface area contributed by atoms with Gasteiger partial charge in [-0.3, -0.25) is 24.0 Å². The van der Waals surface area contributed by atoms with E-state index in [-0.39, 0.29) is 25.0 Å². The van der Waals surface area contributed by atoms with E-state index in [0.717, 1.165) is 0 Å². The van der Waals surface area contributed by atoms with E-state index in [1.54, 1.807) is 0 Å². The fourth-order valence-corrected chi connectivity index (χ4v) is 2.84. The molecule has 0 bridgehead atoms. The van der Waals surface area contributed by atoms with Gasteiger partial charge in [0.2, 0.25) is 23.6 Å². The van der Waals surface area contributed by atoms with Crippen LogP contribution in [0, 0.1) is 0 Å². The van der Waals surface area contributed by atoms with Crippen molar-refractivity contribution in [3.8, 4) is 0 Å². The van der Waals surface area contributed by atoms with Crippen LogP contribution in [0.2, 0.25) is 0 Å². The molecular weight excluding hydrogens is 460 g/mol. The van der Waals surface area contributed by atoms with Crippen LogP contribution in [0.15, 0.2) is 0 Å². The Morgan fingerprint density at radius 3 is 1.85 bits per heavy atom. The Kier molecular flexibility index (Phi) is 14.4. The number of carboxylic acids is 2. The number of carbonyl (C=O) groups excluding carboxylic acids is 4. The molecule has 4 atom stereocenters. The number of amides is 4. The van der Waals surface area contributed by atoms with E-state index in [1.807, 2.05) is 0 Å². The van der Waals surface area contributed by atoms with Crippen LogP contribution in [0.5, 0.6) is 0 Å². The first-order chi connectivity index (χ1) is 15.4. The number of carboxylic acid groups (broad SMARTS) is 2. The molecular formula is C18H32N6O8S. The van der Waals surface area contributed by atoms with Crippen LogP contribution < -0.4 is 33.2 Å². The van der Waals surface area contributed by atoms with Gasteiger partial charge in [0.05, 0.1) is 12.5 Å². The zero-order chi connectivity index (χ0) is 25.6. The molecule has 11 N–H and O–H groups in total. The van der Waals surface area contributed by atoms with Crippen molar-refractivity contribution in [2.24, 2.45) is 17.2 Å². The van der Waals surface area contributed by atoms with Crippen LogP contribution in [-0.4, -0.2) is 82.2 Å². The Bertz CT molecular complexity index is 722. The number of nitrogens with two attached hydrogens (primary N) is 3. The molecule has 33 heavy (non-hydrogen) atoms. The first kappa shape index (κ1) is 30.1. The van der Waals surface area contributed by atoms with E-state index >= 15 is 0 Å². The van der Waals surface area contributed by atoms with Gasteiger partial charge in [-0.25, -0.2) is 4.79 Å². The molecule has 0 aromatic carbocycles. The van der Waals surface area contributed by atoms with E-state index < -0.39 is 66.2 Å². The summed E-state index contributed by atoms with van der Waals surface area (Å²) >= 11 is 3.82. The molecule has 0 aliphatic rings. The summed E-state index contributed by atoms with van der Waals surface area (Å²) in [4.78, 5) is 70.7. The number of unbranched alkanes of at least 4 members (excludes halogenated alkanes) is 1. The lowest BCUT2D eigenvalue weighted by Gasteiger charge is -2.24. The summed E-state index contributed by atoms with van der Waals surface area (Å²) in [6.07, 6.45) is -0.0801. The zero-order valence-corrected chi connectivity index (χ0v) is 18.9. The van der Waals surface area contributed by atoms with Crippen LogP contribution in [-0.2, 0) is 28.8 Å². The van der Waals surface area contributed by atoms with E-state index in [4.69, 9.17) is 27.4 Å². The SMILES string of the molecule is NCCCCC(NC(=O)C(N)CCC(=O)O)C(=O)NC(CC(N)=O)C(=O)NC(CS)C(=O)O. The van der Waals surface area contributed by atoms with Gasteiger partial charge in [0.15, 0.2) is 0 Å². The van der Waals surface area contributed by atoms with E-state index in [9.17, 15) is 28.8 Å². The van der Waals surface area contributed by atoms with Crippen LogP contribution >= 0.6 is 12.6 Å². The van der Waals surface area contributed by atoms with Gasteiger partial charge in [0.25, 0.3) is 0 Å². The van der Waals surface area contributed by atoms with Crippen molar-refractivity contribution in [1.29, 1.82) is 0 Å². The summed E-state index contributed by atoms with van der Waals surface area (Å²) in [7, 11) is 0. The van der Waals surface area contributed by atoms with Crippen LogP contribution in [0.4, 0.5) is 0 Å². The van der Waals surface area contributed by atoms with Gasteiger partial charge in [-0.15, -0.1) is 0 Å². The molecule has 14 nitrogen and oxygen atoms in total. The van der Waals surface area contributed by atoms with Crippen molar-refractivity contribution < 1.29 is 39.0 Å². The lowest BCUT2D eigenvalue weighted by Crippen LogP contribution is -2.58. The smallest absolute Gasteiger partial charge is 0.327 e. The molecule has 4 unspecified atom stereocenters. The molecule has 0 aromatic heterocycles. The highest BCUT2D eigenvalue weighted by molar-refractivity contribution is 7.80. The lowest BCUT2D eigenvalue weighted by atomic mass is 10.1. The summed E-state index contributed by atoms with van der Waals surface area (Å²) in [5.41, 5.74) is 16.2. The molecule has 0 fully saturated rings. The van der Waals surface area contributed by atoms with Crippen molar-refractivity contribution in [1.82, 2.24) is 16.0 Å². The predicted octanol–water partition coefficient (Wildman–Crippen LogP) is -3.35. The third-order valence-corrected chi connectivity index (χ3v) is 4.79. The third-order valence-electron chi connectivity index (χ3n) is 4.42. The minimum absolute atomic E-state index is 0.111. The number of aliphatic carboxylic acids is 2. The van der Waals surface area contributed by atoms with Crippen molar-refractivity contribution in [2.75, 3.05) is 12.3 Å². The standard InChI is InChI=1S/C18H32N6O8S/c19-6-2-1-3-10(22-15(28)9(20)4-5-14(26)27)16(29)23-11(7-13(21)25)17(30)24-12(8-33)18(31)32/h9-12,33H,1-8,19-20H2,(H2,21,25)(H,22,28)(H,23,29)(H,24,30)(H,26,27)(H,31,32). The van der Waals surface area contributed by atoms with Crippen molar-refractivity contribution in [3.63, 3.8) is 0 Å². The van der Waals surface area contributed by atoms with Crippen molar-refractivity contribution >= 4 is 48.2 Å². The summed E-state index contributed by atoms with van der Waals surface area (Å²) < 4.78 is 0. The second-order valence-corrected chi connectivity index (χ2v) is 7.56. The summed E-state index contributed by atoms with van der Waals surface area (Å²) in [6.45, 7) is 0.327. The van der Waals surface area contributed by atoms with E-state index in [0.29, 0.717) is 19.4 Å². The highest BCUT2D eigenvalue weighted by Gasteiger charge is 2.30. The van der Waals surface area contributed by atoms with E-state index in [1.165, 1.54) is 0 Å².